The SMILES string of the molecule is C=C/C=C(/C)CCOC1CCCCO1. The Morgan fingerprint density at radius 1 is 1.57 bits per heavy atom. The van der Waals surface area contributed by atoms with E-state index < -0.39 is 0 Å². The second-order valence-electron chi connectivity index (χ2n) is 3.67. The summed E-state index contributed by atoms with van der Waals surface area (Å²) in [4.78, 5) is 0. The first-order valence-corrected chi connectivity index (χ1v) is 5.34. The van der Waals surface area contributed by atoms with Gasteiger partial charge in [0, 0.05) is 6.61 Å². The maximum absolute atomic E-state index is 5.60. The van der Waals surface area contributed by atoms with Gasteiger partial charge in [0.15, 0.2) is 6.29 Å². The predicted octanol–water partition coefficient (Wildman–Crippen LogP) is 3.05. The maximum atomic E-state index is 5.60. The average molecular weight is 196 g/mol. The number of ether oxygens (including phenoxy) is 2. The molecule has 2 heteroatoms. The quantitative estimate of drug-likeness (QED) is 0.629. The molecule has 0 aromatic carbocycles. The van der Waals surface area contributed by atoms with Gasteiger partial charge in [0.25, 0.3) is 0 Å². The summed E-state index contributed by atoms with van der Waals surface area (Å²) in [6, 6.07) is 0. The maximum Gasteiger partial charge on any atom is 0.157 e. The normalized spacial score (nSPS) is 23.5. The van der Waals surface area contributed by atoms with Crippen molar-refractivity contribution in [3.63, 3.8) is 0 Å². The van der Waals surface area contributed by atoms with E-state index in [0.29, 0.717) is 0 Å². The van der Waals surface area contributed by atoms with Gasteiger partial charge in [-0.2, -0.15) is 0 Å². The Balaban J connectivity index is 2.07. The Hall–Kier alpha value is -0.600. The highest BCUT2D eigenvalue weighted by molar-refractivity contribution is 5.07. The predicted molar refractivity (Wildman–Crippen MR) is 58.1 cm³/mol. The lowest BCUT2D eigenvalue weighted by molar-refractivity contribution is -0.161. The fourth-order valence-electron chi connectivity index (χ4n) is 1.48. The van der Waals surface area contributed by atoms with E-state index in [0.717, 1.165) is 26.1 Å². The van der Waals surface area contributed by atoms with Crippen LogP contribution in [0.5, 0.6) is 0 Å². The minimum absolute atomic E-state index is 0.0419. The van der Waals surface area contributed by atoms with Gasteiger partial charge in [-0.05, 0) is 32.6 Å². The van der Waals surface area contributed by atoms with E-state index in [1.165, 1.54) is 18.4 Å². The Labute approximate surface area is 86.6 Å². The topological polar surface area (TPSA) is 18.5 Å². The highest BCUT2D eigenvalue weighted by Gasteiger charge is 2.13. The molecule has 0 saturated carbocycles. The summed E-state index contributed by atoms with van der Waals surface area (Å²) in [5.41, 5.74) is 1.30. The van der Waals surface area contributed by atoms with Gasteiger partial charge in [-0.15, -0.1) is 0 Å². The second kappa shape index (κ2) is 6.80. The zero-order chi connectivity index (χ0) is 10.2. The van der Waals surface area contributed by atoms with Crippen molar-refractivity contribution in [1.82, 2.24) is 0 Å². The van der Waals surface area contributed by atoms with E-state index in [9.17, 15) is 0 Å². The minimum atomic E-state index is 0.0419. The van der Waals surface area contributed by atoms with Crippen molar-refractivity contribution < 1.29 is 9.47 Å². The van der Waals surface area contributed by atoms with Crippen LogP contribution in [0.25, 0.3) is 0 Å². The molecule has 1 atom stereocenters. The molecule has 0 aliphatic carbocycles. The zero-order valence-corrected chi connectivity index (χ0v) is 9.00. The van der Waals surface area contributed by atoms with Crippen molar-refractivity contribution in [2.24, 2.45) is 0 Å². The second-order valence-corrected chi connectivity index (χ2v) is 3.67. The lowest BCUT2D eigenvalue weighted by Crippen LogP contribution is -2.22. The molecule has 0 N–H and O–H groups in total. The average Bonchev–Trinajstić information content (AvgIpc) is 2.20. The summed E-state index contributed by atoms with van der Waals surface area (Å²) in [7, 11) is 0. The molecular formula is C12H20O2. The van der Waals surface area contributed by atoms with E-state index in [1.807, 2.05) is 12.2 Å². The number of rotatable bonds is 5. The van der Waals surface area contributed by atoms with Crippen LogP contribution >= 0.6 is 0 Å². The molecule has 0 bridgehead atoms. The van der Waals surface area contributed by atoms with Crippen LogP contribution < -0.4 is 0 Å². The molecule has 0 aromatic rings. The van der Waals surface area contributed by atoms with Gasteiger partial charge in [0.1, 0.15) is 0 Å². The third kappa shape index (κ3) is 4.58. The molecule has 1 aliphatic heterocycles. The summed E-state index contributed by atoms with van der Waals surface area (Å²) >= 11 is 0. The van der Waals surface area contributed by atoms with Gasteiger partial charge in [0.2, 0.25) is 0 Å². The van der Waals surface area contributed by atoms with E-state index in [4.69, 9.17) is 9.47 Å². The van der Waals surface area contributed by atoms with Crippen LogP contribution in [0.3, 0.4) is 0 Å². The van der Waals surface area contributed by atoms with Gasteiger partial charge in [-0.3, -0.25) is 0 Å². The molecule has 80 valence electrons. The molecule has 1 heterocycles. The first-order chi connectivity index (χ1) is 6.83. The molecule has 1 saturated heterocycles. The lowest BCUT2D eigenvalue weighted by Gasteiger charge is -2.22. The molecule has 1 fully saturated rings. The molecule has 14 heavy (non-hydrogen) atoms. The number of hydrogen-bond acceptors (Lipinski definition) is 2. The van der Waals surface area contributed by atoms with Gasteiger partial charge >= 0.3 is 0 Å². The number of hydrogen-bond donors (Lipinski definition) is 0. The van der Waals surface area contributed by atoms with Crippen molar-refractivity contribution in [3.05, 3.63) is 24.3 Å². The van der Waals surface area contributed by atoms with Crippen LogP contribution in [0.15, 0.2) is 24.3 Å². The van der Waals surface area contributed by atoms with Crippen molar-refractivity contribution in [3.8, 4) is 0 Å². The van der Waals surface area contributed by atoms with Crippen molar-refractivity contribution >= 4 is 0 Å². The largest absolute Gasteiger partial charge is 0.353 e. The molecular weight excluding hydrogens is 176 g/mol. The highest BCUT2D eigenvalue weighted by Crippen LogP contribution is 2.14. The summed E-state index contributed by atoms with van der Waals surface area (Å²) in [6.07, 6.45) is 8.29. The first-order valence-electron chi connectivity index (χ1n) is 5.34. The van der Waals surface area contributed by atoms with Gasteiger partial charge in [-0.25, -0.2) is 0 Å². The first kappa shape index (κ1) is 11.5. The Kier molecular flexibility index (Phi) is 5.57. The van der Waals surface area contributed by atoms with Gasteiger partial charge in [-0.1, -0.05) is 24.3 Å². The number of allylic oxidation sites excluding steroid dienone is 2. The molecule has 1 aliphatic rings. The molecule has 0 amide bonds. The van der Waals surface area contributed by atoms with E-state index in [2.05, 4.69) is 13.5 Å². The molecule has 0 radical (unpaired) electrons. The zero-order valence-electron chi connectivity index (χ0n) is 9.00. The molecule has 1 unspecified atom stereocenters. The smallest absolute Gasteiger partial charge is 0.157 e. The van der Waals surface area contributed by atoms with Crippen LogP contribution in [0.1, 0.15) is 32.6 Å². The fraction of sp³-hybridized carbons (Fsp3) is 0.667. The fourth-order valence-corrected chi connectivity index (χ4v) is 1.48. The molecule has 2 nitrogen and oxygen atoms in total. The van der Waals surface area contributed by atoms with Crippen LogP contribution in [0, 0.1) is 0 Å². The summed E-state index contributed by atoms with van der Waals surface area (Å²) in [6.45, 7) is 7.35. The van der Waals surface area contributed by atoms with Gasteiger partial charge < -0.3 is 9.47 Å². The lowest BCUT2D eigenvalue weighted by atomic mass is 10.2. The van der Waals surface area contributed by atoms with Crippen molar-refractivity contribution in [2.75, 3.05) is 13.2 Å². The Morgan fingerprint density at radius 3 is 3.07 bits per heavy atom. The third-order valence-electron chi connectivity index (χ3n) is 2.34. The van der Waals surface area contributed by atoms with E-state index >= 15 is 0 Å². The third-order valence-corrected chi connectivity index (χ3v) is 2.34. The highest BCUT2D eigenvalue weighted by atomic mass is 16.7. The minimum Gasteiger partial charge on any atom is -0.353 e. The standard InChI is InChI=1S/C12H20O2/c1-3-6-11(2)8-10-14-12-7-4-5-9-13-12/h3,6,12H,1,4-5,7-10H2,2H3/b11-6-. The summed E-state index contributed by atoms with van der Waals surface area (Å²) in [5.74, 6) is 0. The van der Waals surface area contributed by atoms with Crippen molar-refractivity contribution in [2.45, 2.75) is 38.9 Å². The Morgan fingerprint density at radius 2 is 2.43 bits per heavy atom. The van der Waals surface area contributed by atoms with Crippen LogP contribution in [0.4, 0.5) is 0 Å². The molecule has 0 aromatic heterocycles. The summed E-state index contributed by atoms with van der Waals surface area (Å²) < 4.78 is 11.1. The van der Waals surface area contributed by atoms with E-state index in [-0.39, 0.29) is 6.29 Å². The van der Waals surface area contributed by atoms with Crippen LogP contribution in [0.2, 0.25) is 0 Å². The Bertz CT molecular complexity index is 190. The van der Waals surface area contributed by atoms with Gasteiger partial charge in [0.05, 0.1) is 6.61 Å². The van der Waals surface area contributed by atoms with Crippen molar-refractivity contribution in [1.29, 1.82) is 0 Å². The van der Waals surface area contributed by atoms with Crippen LogP contribution in [-0.4, -0.2) is 19.5 Å². The van der Waals surface area contributed by atoms with Crippen LogP contribution in [-0.2, 0) is 9.47 Å². The molecule has 1 rings (SSSR count). The summed E-state index contributed by atoms with van der Waals surface area (Å²) in [5, 5.41) is 0. The van der Waals surface area contributed by atoms with E-state index in [1.54, 1.807) is 0 Å². The molecule has 0 spiro atoms. The monoisotopic (exact) mass is 196 g/mol.